The number of halogens is 3. The maximum Gasteiger partial charge on any atom is 0.193 e. The van der Waals surface area contributed by atoms with Gasteiger partial charge in [0.1, 0.15) is 5.76 Å². The van der Waals surface area contributed by atoms with Crippen molar-refractivity contribution in [2.75, 3.05) is 26.2 Å². The molecule has 1 N–H and O–H groups in total. The molecule has 7 heteroatoms. The van der Waals surface area contributed by atoms with Crippen LogP contribution in [0.3, 0.4) is 0 Å². The minimum atomic E-state index is 0. The molecule has 18 heavy (non-hydrogen) atoms. The van der Waals surface area contributed by atoms with Crippen molar-refractivity contribution in [3.05, 3.63) is 23.1 Å². The van der Waals surface area contributed by atoms with Gasteiger partial charge in [0.25, 0.3) is 0 Å². The number of piperazine rings is 1. The van der Waals surface area contributed by atoms with Gasteiger partial charge in [-0.05, 0) is 23.7 Å². The molecule has 0 aromatic carbocycles. The van der Waals surface area contributed by atoms with E-state index in [1.807, 2.05) is 6.07 Å². The van der Waals surface area contributed by atoms with Crippen LogP contribution in [0.25, 0.3) is 0 Å². The Balaban J connectivity index is 0.00000144. The molecule has 4 nitrogen and oxygen atoms in total. The lowest BCUT2D eigenvalue weighted by atomic mass is 10.1. The van der Waals surface area contributed by atoms with E-state index in [-0.39, 0.29) is 30.9 Å². The van der Waals surface area contributed by atoms with Crippen molar-refractivity contribution in [1.82, 2.24) is 10.2 Å². The molecule has 1 saturated heterocycles. The number of furan rings is 1. The molecule has 2 rings (SSSR count). The molecule has 0 unspecified atom stereocenters. The number of nitrogens with zero attached hydrogens (tertiary/aromatic N) is 2. The molecule has 102 valence electrons. The van der Waals surface area contributed by atoms with Gasteiger partial charge in [0, 0.05) is 26.2 Å². The fourth-order valence-corrected chi connectivity index (χ4v) is 2.15. The predicted molar refractivity (Wildman–Crippen MR) is 75.6 cm³/mol. The van der Waals surface area contributed by atoms with Gasteiger partial charge in [-0.3, -0.25) is 4.90 Å². The van der Waals surface area contributed by atoms with Gasteiger partial charge in [0.05, 0.1) is 18.5 Å². The van der Waals surface area contributed by atoms with Crippen molar-refractivity contribution in [2.24, 2.45) is 0 Å². The molecule has 1 aromatic heterocycles. The molecule has 0 amide bonds. The van der Waals surface area contributed by atoms with Crippen molar-refractivity contribution < 1.29 is 4.42 Å². The summed E-state index contributed by atoms with van der Waals surface area (Å²) in [6.07, 6.45) is 0.434. The standard InChI is InChI=1S/C11H14ClN3O.2ClH/c12-11-2-1-10(16-11)9(3-4-13)15-7-5-14-6-8-15;;/h1-2,9,14H,3,5-8H2;2*1H/t9-;;/m1../s1. The van der Waals surface area contributed by atoms with Gasteiger partial charge in [0.2, 0.25) is 0 Å². The third kappa shape index (κ3) is 4.34. The SMILES string of the molecule is Cl.Cl.N#CC[C@H](c1ccc(Cl)o1)N1CCNCC1. The second-order valence-corrected chi connectivity index (χ2v) is 4.18. The molecular weight excluding hydrogens is 297 g/mol. The van der Waals surface area contributed by atoms with Crippen LogP contribution in [-0.2, 0) is 0 Å². The Kier molecular flexibility index (Phi) is 8.41. The number of hydrogen-bond donors (Lipinski definition) is 1. The zero-order valence-electron chi connectivity index (χ0n) is 9.76. The van der Waals surface area contributed by atoms with E-state index >= 15 is 0 Å². The quantitative estimate of drug-likeness (QED) is 0.932. The second-order valence-electron chi connectivity index (χ2n) is 3.81. The van der Waals surface area contributed by atoms with Crippen LogP contribution in [0, 0.1) is 11.3 Å². The first-order chi connectivity index (χ1) is 7.81. The lowest BCUT2D eigenvalue weighted by Crippen LogP contribution is -2.45. The molecule has 1 aromatic rings. The lowest BCUT2D eigenvalue weighted by Gasteiger charge is -2.32. The summed E-state index contributed by atoms with van der Waals surface area (Å²) in [5.41, 5.74) is 0. The van der Waals surface area contributed by atoms with Crippen molar-refractivity contribution in [2.45, 2.75) is 12.5 Å². The number of nitrogens with one attached hydrogen (secondary N) is 1. The van der Waals surface area contributed by atoms with E-state index in [0.29, 0.717) is 11.6 Å². The van der Waals surface area contributed by atoms with Gasteiger partial charge in [0.15, 0.2) is 5.22 Å². The number of nitriles is 1. The summed E-state index contributed by atoms with van der Waals surface area (Å²) in [6.45, 7) is 3.78. The Bertz CT molecular complexity index is 385. The van der Waals surface area contributed by atoms with Crippen LogP contribution in [0.2, 0.25) is 5.22 Å². The van der Waals surface area contributed by atoms with E-state index < -0.39 is 0 Å². The molecule has 1 aliphatic heterocycles. The molecule has 1 fully saturated rings. The molecule has 0 aliphatic carbocycles. The Morgan fingerprint density at radius 3 is 2.56 bits per heavy atom. The highest BCUT2D eigenvalue weighted by molar-refractivity contribution is 6.28. The first-order valence-corrected chi connectivity index (χ1v) is 5.76. The Morgan fingerprint density at radius 2 is 2.06 bits per heavy atom. The van der Waals surface area contributed by atoms with Crippen LogP contribution in [0.1, 0.15) is 18.2 Å². The molecule has 2 heterocycles. The zero-order valence-corrected chi connectivity index (χ0v) is 12.2. The highest BCUT2D eigenvalue weighted by Crippen LogP contribution is 2.27. The largest absolute Gasteiger partial charge is 0.448 e. The number of hydrogen-bond acceptors (Lipinski definition) is 4. The Hall–Kier alpha value is -0.440. The third-order valence-electron chi connectivity index (χ3n) is 2.80. The molecular formula is C11H16Cl3N3O. The lowest BCUT2D eigenvalue weighted by molar-refractivity contribution is 0.157. The van der Waals surface area contributed by atoms with Crippen molar-refractivity contribution in [1.29, 1.82) is 5.26 Å². The summed E-state index contributed by atoms with van der Waals surface area (Å²) >= 11 is 5.76. The highest BCUT2D eigenvalue weighted by atomic mass is 35.5. The van der Waals surface area contributed by atoms with Gasteiger partial charge in [-0.25, -0.2) is 0 Å². The van der Waals surface area contributed by atoms with Crippen molar-refractivity contribution >= 4 is 36.4 Å². The van der Waals surface area contributed by atoms with Gasteiger partial charge >= 0.3 is 0 Å². The molecule has 0 spiro atoms. The fraction of sp³-hybridized carbons (Fsp3) is 0.545. The first kappa shape index (κ1) is 17.6. The van der Waals surface area contributed by atoms with Crippen molar-refractivity contribution in [3.63, 3.8) is 0 Å². The number of rotatable bonds is 3. The van der Waals surface area contributed by atoms with E-state index in [2.05, 4.69) is 16.3 Å². The average molecular weight is 313 g/mol. The van der Waals surface area contributed by atoms with Gasteiger partial charge in [-0.2, -0.15) is 5.26 Å². The van der Waals surface area contributed by atoms with E-state index in [1.54, 1.807) is 6.07 Å². The summed E-state index contributed by atoms with van der Waals surface area (Å²) in [5.74, 6) is 0.786. The Morgan fingerprint density at radius 1 is 1.39 bits per heavy atom. The fourth-order valence-electron chi connectivity index (χ4n) is 2.00. The average Bonchev–Trinajstić information content (AvgIpc) is 2.74. The monoisotopic (exact) mass is 311 g/mol. The summed E-state index contributed by atoms with van der Waals surface area (Å²) in [5, 5.41) is 12.5. The van der Waals surface area contributed by atoms with Crippen LogP contribution in [0.5, 0.6) is 0 Å². The molecule has 0 bridgehead atoms. The summed E-state index contributed by atoms with van der Waals surface area (Å²) in [7, 11) is 0. The first-order valence-electron chi connectivity index (χ1n) is 5.38. The topological polar surface area (TPSA) is 52.2 Å². The molecule has 0 saturated carbocycles. The summed E-state index contributed by atoms with van der Waals surface area (Å²) < 4.78 is 5.40. The minimum absolute atomic E-state index is 0. The predicted octanol–water partition coefficient (Wildman–Crippen LogP) is 2.64. The molecule has 0 radical (unpaired) electrons. The van der Waals surface area contributed by atoms with Gasteiger partial charge in [-0.15, -0.1) is 24.8 Å². The van der Waals surface area contributed by atoms with Gasteiger partial charge in [-0.1, -0.05) is 0 Å². The van der Waals surface area contributed by atoms with Gasteiger partial charge < -0.3 is 9.73 Å². The maximum absolute atomic E-state index is 8.87. The van der Waals surface area contributed by atoms with Crippen LogP contribution in [-0.4, -0.2) is 31.1 Å². The van der Waals surface area contributed by atoms with Crippen LogP contribution in [0.15, 0.2) is 16.5 Å². The van der Waals surface area contributed by atoms with E-state index in [4.69, 9.17) is 21.3 Å². The molecule has 1 aliphatic rings. The smallest absolute Gasteiger partial charge is 0.193 e. The van der Waals surface area contributed by atoms with E-state index in [9.17, 15) is 0 Å². The summed E-state index contributed by atoms with van der Waals surface area (Å²) in [4.78, 5) is 2.26. The van der Waals surface area contributed by atoms with E-state index in [0.717, 1.165) is 31.9 Å². The zero-order chi connectivity index (χ0) is 11.4. The normalized spacial score (nSPS) is 17.1. The van der Waals surface area contributed by atoms with Crippen LogP contribution in [0.4, 0.5) is 0 Å². The maximum atomic E-state index is 8.87. The van der Waals surface area contributed by atoms with Crippen molar-refractivity contribution in [3.8, 4) is 6.07 Å². The Labute approximate surface area is 124 Å². The van der Waals surface area contributed by atoms with Crippen LogP contribution < -0.4 is 5.32 Å². The highest BCUT2D eigenvalue weighted by Gasteiger charge is 2.24. The van der Waals surface area contributed by atoms with Crippen LogP contribution >= 0.6 is 36.4 Å². The second kappa shape index (κ2) is 8.63. The molecule has 1 atom stereocenters. The minimum Gasteiger partial charge on any atom is -0.448 e. The van der Waals surface area contributed by atoms with E-state index in [1.165, 1.54) is 0 Å². The third-order valence-corrected chi connectivity index (χ3v) is 3.00. The summed E-state index contributed by atoms with van der Waals surface area (Å²) in [6, 6.07) is 5.81.